The number of hydrogen-bond donors (Lipinski definition) is 1. The molecule has 0 aliphatic rings. The lowest BCUT2D eigenvalue weighted by Crippen LogP contribution is -2.52. The number of nitrogens with zero attached hydrogens (tertiary/aromatic N) is 1. The number of fused-ring (bicyclic) bond motifs is 1. The van der Waals surface area contributed by atoms with E-state index in [0.29, 0.717) is 6.42 Å². The third-order valence-electron chi connectivity index (χ3n) is 6.69. The van der Waals surface area contributed by atoms with Gasteiger partial charge in [-0.15, -0.1) is 0 Å². The Bertz CT molecular complexity index is 1130. The molecule has 6 nitrogen and oxygen atoms in total. The van der Waals surface area contributed by atoms with E-state index < -0.39 is 6.04 Å². The van der Waals surface area contributed by atoms with Crippen molar-refractivity contribution in [3.05, 3.63) is 78.4 Å². The smallest absolute Gasteiger partial charge is 0.325 e. The molecule has 2 atom stereocenters. The zero-order chi connectivity index (χ0) is 27.2. The van der Waals surface area contributed by atoms with Crippen molar-refractivity contribution in [2.45, 2.75) is 70.6 Å². The number of benzene rings is 3. The van der Waals surface area contributed by atoms with Crippen LogP contribution in [0.5, 0.6) is 5.75 Å². The number of hydrogen-bond acceptors (Lipinski definition) is 5. The maximum Gasteiger partial charge on any atom is 0.325 e. The quantitative estimate of drug-likeness (QED) is 0.183. The number of rotatable bonds is 16. The first-order chi connectivity index (χ1) is 18.5. The Labute approximate surface area is 227 Å². The molecule has 3 aromatic carbocycles. The van der Waals surface area contributed by atoms with Crippen LogP contribution < -0.4 is 10.1 Å². The van der Waals surface area contributed by atoms with Gasteiger partial charge in [0.15, 0.2) is 0 Å². The number of carbonyl (C=O) groups is 2. The third kappa shape index (κ3) is 9.49. The fraction of sp³-hybridized carbons (Fsp3) is 0.438. The van der Waals surface area contributed by atoms with Crippen LogP contribution in [0.25, 0.3) is 10.8 Å². The molecule has 0 fully saturated rings. The van der Waals surface area contributed by atoms with Crippen molar-refractivity contribution in [2.75, 3.05) is 20.7 Å². The molecule has 0 saturated carbocycles. The largest absolute Gasteiger partial charge is 0.493 e. The van der Waals surface area contributed by atoms with Crippen LogP contribution in [-0.2, 0) is 20.9 Å². The highest BCUT2D eigenvalue weighted by atomic mass is 16.5. The van der Waals surface area contributed by atoms with E-state index in [1.54, 1.807) is 4.90 Å². The first-order valence-corrected chi connectivity index (χ1v) is 13.7. The molecule has 0 bridgehead atoms. The van der Waals surface area contributed by atoms with E-state index >= 15 is 0 Å². The highest BCUT2D eigenvalue weighted by Gasteiger charge is 2.29. The van der Waals surface area contributed by atoms with Gasteiger partial charge in [0.25, 0.3) is 0 Å². The van der Waals surface area contributed by atoms with E-state index in [2.05, 4.69) is 23.5 Å². The van der Waals surface area contributed by atoms with Gasteiger partial charge in [0.05, 0.1) is 12.6 Å². The molecule has 0 saturated heterocycles. The zero-order valence-corrected chi connectivity index (χ0v) is 23.0. The molecular formula is C32H42N2O4. The summed E-state index contributed by atoms with van der Waals surface area (Å²) in [6, 6.07) is 23.2. The summed E-state index contributed by atoms with van der Waals surface area (Å²) in [6.45, 7) is 2.79. The Morgan fingerprint density at radius 3 is 2.24 bits per heavy atom. The lowest BCUT2D eigenvalue weighted by molar-refractivity contribution is -0.151. The third-order valence-corrected chi connectivity index (χ3v) is 6.69. The number of unbranched alkanes of at least 4 members (excludes halogenated alkanes) is 5. The van der Waals surface area contributed by atoms with Crippen molar-refractivity contribution in [2.24, 2.45) is 0 Å². The van der Waals surface area contributed by atoms with Crippen molar-refractivity contribution in [3.8, 4) is 5.75 Å². The van der Waals surface area contributed by atoms with Gasteiger partial charge in [-0.2, -0.15) is 0 Å². The van der Waals surface area contributed by atoms with E-state index in [-0.39, 0.29) is 24.5 Å². The number of amides is 1. The maximum atomic E-state index is 12.7. The van der Waals surface area contributed by atoms with Crippen LogP contribution in [0.4, 0.5) is 0 Å². The number of likely N-dealkylation sites (N-methyl/N-ethyl adjacent to an activating group) is 1. The van der Waals surface area contributed by atoms with E-state index in [1.807, 2.05) is 75.6 Å². The predicted octanol–water partition coefficient (Wildman–Crippen LogP) is 6.13. The first-order valence-electron chi connectivity index (χ1n) is 13.7. The van der Waals surface area contributed by atoms with Crippen LogP contribution in [0.15, 0.2) is 72.8 Å². The summed E-state index contributed by atoms with van der Waals surface area (Å²) in [4.78, 5) is 27.0. The van der Waals surface area contributed by atoms with Crippen LogP contribution in [0.1, 0.15) is 57.4 Å². The minimum absolute atomic E-state index is 0.0244. The molecule has 0 radical (unpaired) electrons. The monoisotopic (exact) mass is 518 g/mol. The second kappa shape index (κ2) is 15.8. The van der Waals surface area contributed by atoms with Gasteiger partial charge in [-0.25, -0.2) is 0 Å². The molecule has 0 heterocycles. The van der Waals surface area contributed by atoms with Crippen LogP contribution in [-0.4, -0.2) is 49.6 Å². The fourth-order valence-electron chi connectivity index (χ4n) is 4.68. The van der Waals surface area contributed by atoms with Crippen LogP contribution >= 0.6 is 0 Å². The highest BCUT2D eigenvalue weighted by Crippen LogP contribution is 2.25. The lowest BCUT2D eigenvalue weighted by Gasteiger charge is -2.28. The van der Waals surface area contributed by atoms with Crippen molar-refractivity contribution < 1.29 is 19.1 Å². The average molecular weight is 519 g/mol. The van der Waals surface area contributed by atoms with E-state index in [4.69, 9.17) is 9.47 Å². The van der Waals surface area contributed by atoms with Crippen LogP contribution in [0.3, 0.4) is 0 Å². The molecule has 3 aromatic rings. The maximum absolute atomic E-state index is 12.7. The summed E-state index contributed by atoms with van der Waals surface area (Å²) in [5.74, 6) is 0.587. The van der Waals surface area contributed by atoms with Crippen molar-refractivity contribution >= 4 is 22.6 Å². The van der Waals surface area contributed by atoms with E-state index in [1.165, 1.54) is 5.39 Å². The minimum Gasteiger partial charge on any atom is -0.493 e. The zero-order valence-electron chi connectivity index (χ0n) is 23.0. The SMILES string of the molecule is CC(NC(=O)CCCCCCCCOc1cccc2ccccc12)C(C(=O)OCc1ccccc1)N(C)C. The number of ether oxygens (including phenoxy) is 2. The molecule has 0 spiro atoms. The average Bonchev–Trinajstić information content (AvgIpc) is 2.91. The standard InChI is InChI=1S/C32H42N2O4/c1-25(31(34(2)3)32(36)38-24-26-16-9-8-10-17-26)33-30(35)22-11-6-4-5-7-14-23-37-29-21-15-19-27-18-12-13-20-28(27)29/h8-10,12-13,15-21,25,31H,4-7,11,14,22-24H2,1-3H3,(H,33,35). The van der Waals surface area contributed by atoms with Gasteiger partial charge < -0.3 is 14.8 Å². The van der Waals surface area contributed by atoms with Gasteiger partial charge in [-0.1, -0.05) is 92.4 Å². The second-order valence-corrected chi connectivity index (χ2v) is 10.1. The van der Waals surface area contributed by atoms with Crippen LogP contribution in [0.2, 0.25) is 0 Å². The Hall–Kier alpha value is -3.38. The van der Waals surface area contributed by atoms with Gasteiger partial charge in [-0.05, 0) is 50.9 Å². The Morgan fingerprint density at radius 2 is 1.47 bits per heavy atom. The molecule has 2 unspecified atom stereocenters. The summed E-state index contributed by atoms with van der Waals surface area (Å²) in [6.07, 6.45) is 6.69. The molecule has 3 rings (SSSR count). The summed E-state index contributed by atoms with van der Waals surface area (Å²) in [5, 5.41) is 5.34. The normalized spacial score (nSPS) is 12.7. The van der Waals surface area contributed by atoms with E-state index in [9.17, 15) is 9.59 Å². The molecule has 0 aliphatic heterocycles. The predicted molar refractivity (Wildman–Crippen MR) is 153 cm³/mol. The van der Waals surface area contributed by atoms with Crippen molar-refractivity contribution in [1.82, 2.24) is 10.2 Å². The van der Waals surface area contributed by atoms with Crippen molar-refractivity contribution in [1.29, 1.82) is 0 Å². The fourth-order valence-corrected chi connectivity index (χ4v) is 4.68. The van der Waals surface area contributed by atoms with Gasteiger partial charge >= 0.3 is 5.97 Å². The topological polar surface area (TPSA) is 67.9 Å². The molecule has 38 heavy (non-hydrogen) atoms. The number of nitrogens with one attached hydrogen (secondary N) is 1. The first kappa shape index (κ1) is 29.2. The summed E-state index contributed by atoms with van der Waals surface area (Å²) in [5.41, 5.74) is 0.937. The van der Waals surface area contributed by atoms with Crippen LogP contribution in [0, 0.1) is 0 Å². The van der Waals surface area contributed by atoms with Gasteiger partial charge in [-0.3, -0.25) is 14.5 Å². The Morgan fingerprint density at radius 1 is 0.816 bits per heavy atom. The summed E-state index contributed by atoms with van der Waals surface area (Å²) >= 11 is 0. The molecule has 1 N–H and O–H groups in total. The highest BCUT2D eigenvalue weighted by molar-refractivity contribution is 5.88. The summed E-state index contributed by atoms with van der Waals surface area (Å²) in [7, 11) is 3.65. The molecule has 204 valence electrons. The lowest BCUT2D eigenvalue weighted by atomic mass is 10.1. The Balaban J connectivity index is 1.26. The number of carbonyl (C=O) groups excluding carboxylic acids is 2. The molecule has 0 aliphatic carbocycles. The molecule has 6 heteroatoms. The van der Waals surface area contributed by atoms with Crippen molar-refractivity contribution in [3.63, 3.8) is 0 Å². The Kier molecular flexibility index (Phi) is 12.1. The minimum atomic E-state index is -0.543. The molecule has 1 amide bonds. The molecular weight excluding hydrogens is 476 g/mol. The second-order valence-electron chi connectivity index (χ2n) is 10.1. The summed E-state index contributed by atoms with van der Waals surface area (Å²) < 4.78 is 11.5. The van der Waals surface area contributed by atoms with Gasteiger partial charge in [0.1, 0.15) is 18.4 Å². The van der Waals surface area contributed by atoms with Gasteiger partial charge in [0, 0.05) is 11.8 Å². The van der Waals surface area contributed by atoms with E-state index in [0.717, 1.165) is 61.8 Å². The van der Waals surface area contributed by atoms with Gasteiger partial charge in [0.2, 0.25) is 5.91 Å². The number of esters is 1. The molecule has 0 aromatic heterocycles.